The molecule has 0 aliphatic heterocycles. The van der Waals surface area contributed by atoms with Crippen LogP contribution < -0.4 is 11.3 Å². The van der Waals surface area contributed by atoms with Crippen LogP contribution in [0.4, 0.5) is 0 Å². The average molecular weight is 195 g/mol. The molecule has 1 saturated carbocycles. The molecule has 0 amide bonds. The molecule has 1 atom stereocenters. The van der Waals surface area contributed by atoms with Gasteiger partial charge in [-0.1, -0.05) is 12.8 Å². The maximum Gasteiger partial charge on any atom is 0.191 e. The summed E-state index contributed by atoms with van der Waals surface area (Å²) in [7, 11) is 0. The highest BCUT2D eigenvalue weighted by Gasteiger charge is 2.27. The largest absolute Gasteiger partial charge is 0.449 e. The molecule has 0 bridgehead atoms. The summed E-state index contributed by atoms with van der Waals surface area (Å²) >= 11 is 0. The first-order valence-electron chi connectivity index (χ1n) is 5.19. The Hall–Kier alpha value is -0.870. The molecular weight excluding hydrogens is 178 g/mol. The van der Waals surface area contributed by atoms with Crippen LogP contribution in [0.2, 0.25) is 0 Å². The Labute approximate surface area is 83.9 Å². The number of nitrogens with two attached hydrogens (primary N) is 1. The SMILES string of the molecule is Cc1nc(C(NN)C2CCCC2)co1. The summed E-state index contributed by atoms with van der Waals surface area (Å²) in [6.07, 6.45) is 6.79. The van der Waals surface area contributed by atoms with E-state index in [1.165, 1.54) is 25.7 Å². The lowest BCUT2D eigenvalue weighted by molar-refractivity contribution is 0.365. The molecule has 1 aliphatic carbocycles. The third-order valence-electron chi connectivity index (χ3n) is 3.01. The van der Waals surface area contributed by atoms with Gasteiger partial charge in [-0.25, -0.2) is 4.98 Å². The zero-order valence-electron chi connectivity index (χ0n) is 8.49. The van der Waals surface area contributed by atoms with Crippen molar-refractivity contribution in [2.24, 2.45) is 11.8 Å². The molecule has 0 radical (unpaired) electrons. The van der Waals surface area contributed by atoms with E-state index in [0.29, 0.717) is 11.8 Å². The van der Waals surface area contributed by atoms with Crippen LogP contribution in [-0.4, -0.2) is 4.98 Å². The van der Waals surface area contributed by atoms with E-state index in [-0.39, 0.29) is 6.04 Å². The predicted molar refractivity (Wildman–Crippen MR) is 53.3 cm³/mol. The molecule has 0 aromatic carbocycles. The number of aromatic nitrogens is 1. The fourth-order valence-corrected chi connectivity index (χ4v) is 2.28. The third-order valence-corrected chi connectivity index (χ3v) is 3.01. The van der Waals surface area contributed by atoms with E-state index in [9.17, 15) is 0 Å². The van der Waals surface area contributed by atoms with Crippen LogP contribution in [0, 0.1) is 12.8 Å². The van der Waals surface area contributed by atoms with Gasteiger partial charge in [0.05, 0.1) is 11.7 Å². The maximum atomic E-state index is 5.56. The van der Waals surface area contributed by atoms with Crippen molar-refractivity contribution in [3.8, 4) is 0 Å². The number of hydrogen-bond acceptors (Lipinski definition) is 4. The van der Waals surface area contributed by atoms with E-state index in [0.717, 1.165) is 5.69 Å². The summed E-state index contributed by atoms with van der Waals surface area (Å²) in [5.41, 5.74) is 3.79. The van der Waals surface area contributed by atoms with Gasteiger partial charge in [-0.3, -0.25) is 11.3 Å². The normalized spacial score (nSPS) is 20.1. The van der Waals surface area contributed by atoms with Gasteiger partial charge in [0.1, 0.15) is 6.26 Å². The highest BCUT2D eigenvalue weighted by atomic mass is 16.3. The van der Waals surface area contributed by atoms with Crippen LogP contribution in [-0.2, 0) is 0 Å². The quantitative estimate of drug-likeness (QED) is 0.569. The smallest absolute Gasteiger partial charge is 0.191 e. The Bertz CT molecular complexity index is 291. The van der Waals surface area contributed by atoms with E-state index < -0.39 is 0 Å². The number of nitrogens with one attached hydrogen (secondary N) is 1. The lowest BCUT2D eigenvalue weighted by Gasteiger charge is -2.19. The van der Waals surface area contributed by atoms with Crippen molar-refractivity contribution in [3.05, 3.63) is 17.8 Å². The molecule has 1 aromatic rings. The molecule has 4 heteroatoms. The monoisotopic (exact) mass is 195 g/mol. The molecule has 1 unspecified atom stereocenters. The average Bonchev–Trinajstić information content (AvgIpc) is 2.79. The topological polar surface area (TPSA) is 64.1 Å². The number of nitrogens with zero attached hydrogens (tertiary/aromatic N) is 1. The predicted octanol–water partition coefficient (Wildman–Crippen LogP) is 1.68. The Morgan fingerprint density at radius 3 is 2.79 bits per heavy atom. The lowest BCUT2D eigenvalue weighted by atomic mass is 9.96. The summed E-state index contributed by atoms with van der Waals surface area (Å²) in [6, 6.07) is 0.162. The second kappa shape index (κ2) is 4.11. The number of hydrogen-bond donors (Lipinski definition) is 2. The maximum absolute atomic E-state index is 5.56. The molecule has 1 aromatic heterocycles. The highest BCUT2D eigenvalue weighted by Crippen LogP contribution is 2.34. The van der Waals surface area contributed by atoms with E-state index in [1.807, 2.05) is 6.92 Å². The molecule has 4 nitrogen and oxygen atoms in total. The van der Waals surface area contributed by atoms with Crippen molar-refractivity contribution in [2.75, 3.05) is 0 Å². The van der Waals surface area contributed by atoms with Gasteiger partial charge in [-0.05, 0) is 18.8 Å². The Morgan fingerprint density at radius 1 is 1.57 bits per heavy atom. The zero-order valence-corrected chi connectivity index (χ0v) is 8.49. The van der Waals surface area contributed by atoms with E-state index in [4.69, 9.17) is 10.3 Å². The molecular formula is C10H17N3O. The van der Waals surface area contributed by atoms with Gasteiger partial charge in [0.15, 0.2) is 5.89 Å². The van der Waals surface area contributed by atoms with Crippen LogP contribution in [0.3, 0.4) is 0 Å². The standard InChI is InChI=1S/C10H17N3O/c1-7-12-9(6-14-7)10(13-11)8-4-2-3-5-8/h6,8,10,13H,2-5,11H2,1H3. The van der Waals surface area contributed by atoms with Crippen molar-refractivity contribution >= 4 is 0 Å². The summed E-state index contributed by atoms with van der Waals surface area (Å²) < 4.78 is 5.20. The Morgan fingerprint density at radius 2 is 2.29 bits per heavy atom. The van der Waals surface area contributed by atoms with Gasteiger partial charge in [-0.2, -0.15) is 0 Å². The minimum absolute atomic E-state index is 0.162. The van der Waals surface area contributed by atoms with Crippen LogP contribution in [0.15, 0.2) is 10.7 Å². The third kappa shape index (κ3) is 1.81. The molecule has 1 fully saturated rings. The van der Waals surface area contributed by atoms with Crippen LogP contribution in [0.25, 0.3) is 0 Å². The molecule has 78 valence electrons. The summed E-state index contributed by atoms with van der Waals surface area (Å²) in [6.45, 7) is 1.85. The van der Waals surface area contributed by atoms with Gasteiger partial charge in [-0.15, -0.1) is 0 Å². The first kappa shape index (κ1) is 9.68. The van der Waals surface area contributed by atoms with Crippen molar-refractivity contribution in [1.29, 1.82) is 0 Å². The molecule has 1 heterocycles. The van der Waals surface area contributed by atoms with E-state index in [1.54, 1.807) is 6.26 Å². The highest BCUT2D eigenvalue weighted by molar-refractivity contribution is 5.05. The van der Waals surface area contributed by atoms with Crippen molar-refractivity contribution in [1.82, 2.24) is 10.4 Å². The Balaban J connectivity index is 2.12. The minimum atomic E-state index is 0.162. The first-order valence-corrected chi connectivity index (χ1v) is 5.19. The minimum Gasteiger partial charge on any atom is -0.449 e. The first-order chi connectivity index (χ1) is 6.81. The zero-order chi connectivity index (χ0) is 9.97. The molecule has 3 N–H and O–H groups in total. The fourth-order valence-electron chi connectivity index (χ4n) is 2.28. The Kier molecular flexibility index (Phi) is 2.84. The van der Waals surface area contributed by atoms with Crippen molar-refractivity contribution < 1.29 is 4.42 Å². The van der Waals surface area contributed by atoms with E-state index >= 15 is 0 Å². The van der Waals surface area contributed by atoms with E-state index in [2.05, 4.69) is 10.4 Å². The van der Waals surface area contributed by atoms with Crippen molar-refractivity contribution in [3.63, 3.8) is 0 Å². The lowest BCUT2D eigenvalue weighted by Crippen LogP contribution is -2.32. The summed E-state index contributed by atoms with van der Waals surface area (Å²) in [4.78, 5) is 4.32. The molecule has 1 aliphatic rings. The fraction of sp³-hybridized carbons (Fsp3) is 0.700. The second-order valence-corrected chi connectivity index (χ2v) is 3.98. The summed E-state index contributed by atoms with van der Waals surface area (Å²) in [5.74, 6) is 6.88. The number of rotatable bonds is 3. The van der Waals surface area contributed by atoms with Gasteiger partial charge in [0, 0.05) is 6.92 Å². The van der Waals surface area contributed by atoms with Gasteiger partial charge >= 0.3 is 0 Å². The van der Waals surface area contributed by atoms with Gasteiger partial charge in [0.2, 0.25) is 0 Å². The second-order valence-electron chi connectivity index (χ2n) is 3.98. The van der Waals surface area contributed by atoms with Crippen LogP contribution >= 0.6 is 0 Å². The summed E-state index contributed by atoms with van der Waals surface area (Å²) in [5, 5.41) is 0. The number of aryl methyl sites for hydroxylation is 1. The molecule has 0 spiro atoms. The van der Waals surface area contributed by atoms with Gasteiger partial charge < -0.3 is 4.42 Å². The number of oxazole rings is 1. The van der Waals surface area contributed by atoms with Crippen LogP contribution in [0.5, 0.6) is 0 Å². The van der Waals surface area contributed by atoms with Crippen LogP contribution in [0.1, 0.15) is 43.3 Å². The number of hydrazine groups is 1. The molecule has 2 rings (SSSR count). The molecule has 0 saturated heterocycles. The molecule has 14 heavy (non-hydrogen) atoms. The van der Waals surface area contributed by atoms with Crippen molar-refractivity contribution in [2.45, 2.75) is 38.6 Å². The van der Waals surface area contributed by atoms with Gasteiger partial charge in [0.25, 0.3) is 0 Å².